The zero-order valence-electron chi connectivity index (χ0n) is 13.7. The summed E-state index contributed by atoms with van der Waals surface area (Å²) in [6.45, 7) is -1.59. The number of anilines is 1. The number of carbonyl (C=O) groups is 1. The van der Waals surface area contributed by atoms with Crippen molar-refractivity contribution in [1.29, 1.82) is 0 Å². The summed E-state index contributed by atoms with van der Waals surface area (Å²) in [5, 5.41) is 9.11. The number of halogens is 2. The predicted octanol–water partition coefficient (Wildman–Crippen LogP) is 3.10. The van der Waals surface area contributed by atoms with Crippen LogP contribution in [0.25, 0.3) is 0 Å². The number of aryl methyl sites for hydroxylation is 1. The Morgan fingerprint density at radius 3 is 2.42 bits per heavy atom. The molecule has 7 nitrogen and oxygen atoms in total. The molecule has 2 aromatic carbocycles. The molecule has 0 radical (unpaired) electrons. The topological polar surface area (TPSA) is 102 Å². The highest BCUT2D eigenvalue weighted by Crippen LogP contribution is 2.32. The van der Waals surface area contributed by atoms with Crippen LogP contribution in [0.3, 0.4) is 0 Å². The van der Waals surface area contributed by atoms with Gasteiger partial charge in [-0.15, -0.1) is 0 Å². The number of carboxylic acid groups (broad SMARTS) is 1. The molecule has 0 aromatic heterocycles. The molecule has 0 atom stereocenters. The number of rotatable bonds is 7. The molecule has 0 heterocycles. The molecule has 0 amide bonds. The molecule has 0 saturated carbocycles. The summed E-state index contributed by atoms with van der Waals surface area (Å²) in [5.74, 6) is -1.62. The molecule has 0 aliphatic carbocycles. The minimum Gasteiger partial charge on any atom is -0.493 e. The van der Waals surface area contributed by atoms with Gasteiger partial charge in [0.1, 0.15) is 0 Å². The Morgan fingerprint density at radius 1 is 1.15 bits per heavy atom. The Morgan fingerprint density at radius 2 is 1.85 bits per heavy atom. The van der Waals surface area contributed by atoms with E-state index in [1.165, 1.54) is 38.3 Å². The Bertz CT molecular complexity index is 930. The highest BCUT2D eigenvalue weighted by molar-refractivity contribution is 7.92. The Balaban J connectivity index is 2.38. The average molecular weight is 387 g/mol. The number of ether oxygens (including phenoxy) is 2. The van der Waals surface area contributed by atoms with Gasteiger partial charge in [-0.05, 0) is 36.8 Å². The van der Waals surface area contributed by atoms with Gasteiger partial charge in [-0.2, -0.15) is 8.78 Å². The largest absolute Gasteiger partial charge is 0.493 e. The maximum absolute atomic E-state index is 12.5. The van der Waals surface area contributed by atoms with Crippen molar-refractivity contribution in [3.63, 3.8) is 0 Å². The van der Waals surface area contributed by atoms with Gasteiger partial charge in [0.15, 0.2) is 11.5 Å². The van der Waals surface area contributed by atoms with Crippen molar-refractivity contribution < 1.29 is 36.6 Å². The highest BCUT2D eigenvalue weighted by atomic mass is 32.2. The molecule has 0 unspecified atom stereocenters. The fourth-order valence-electron chi connectivity index (χ4n) is 2.14. The zero-order chi connectivity index (χ0) is 19.5. The first-order valence-electron chi connectivity index (χ1n) is 7.13. The molecule has 2 N–H and O–H groups in total. The quantitative estimate of drug-likeness (QED) is 0.757. The number of nitrogens with one attached hydrogen (secondary N) is 1. The molecule has 0 saturated heterocycles. The van der Waals surface area contributed by atoms with Crippen LogP contribution in [0.2, 0.25) is 0 Å². The Hall–Kier alpha value is -2.88. The maximum Gasteiger partial charge on any atom is 0.387 e. The molecule has 2 rings (SSSR count). The number of sulfonamides is 1. The van der Waals surface area contributed by atoms with E-state index in [1.807, 2.05) is 0 Å². The van der Waals surface area contributed by atoms with Crippen LogP contribution in [-0.4, -0.2) is 33.2 Å². The molecule has 10 heteroatoms. The monoisotopic (exact) mass is 387 g/mol. The molecule has 0 bridgehead atoms. The summed E-state index contributed by atoms with van der Waals surface area (Å²) in [6.07, 6.45) is 0. The first-order chi connectivity index (χ1) is 12.1. The number of alkyl halides is 2. The van der Waals surface area contributed by atoms with Gasteiger partial charge in [0.05, 0.1) is 23.3 Å². The van der Waals surface area contributed by atoms with Gasteiger partial charge in [0, 0.05) is 6.07 Å². The zero-order valence-corrected chi connectivity index (χ0v) is 14.5. The third-order valence-corrected chi connectivity index (χ3v) is 4.76. The van der Waals surface area contributed by atoms with Crippen molar-refractivity contribution in [2.24, 2.45) is 0 Å². The van der Waals surface area contributed by atoms with Crippen LogP contribution in [0.1, 0.15) is 15.9 Å². The van der Waals surface area contributed by atoms with E-state index in [-0.39, 0.29) is 27.6 Å². The van der Waals surface area contributed by atoms with Gasteiger partial charge in [-0.3, -0.25) is 4.72 Å². The van der Waals surface area contributed by atoms with Gasteiger partial charge in [-0.1, -0.05) is 6.07 Å². The van der Waals surface area contributed by atoms with Crippen molar-refractivity contribution in [3.8, 4) is 11.5 Å². The number of methoxy groups -OCH3 is 1. The normalized spacial score (nSPS) is 11.3. The SMILES string of the molecule is COc1ccc(NS(=O)(=O)c2ccc(C)c(C(=O)O)c2)cc1OC(F)F. The third kappa shape index (κ3) is 4.39. The van der Waals surface area contributed by atoms with Gasteiger partial charge in [-0.25, -0.2) is 13.2 Å². The molecular formula is C16H15F2NO6S. The Labute approximate surface area is 148 Å². The summed E-state index contributed by atoms with van der Waals surface area (Å²) in [6, 6.07) is 7.20. The molecule has 0 fully saturated rings. The van der Waals surface area contributed by atoms with Crippen LogP contribution in [-0.2, 0) is 10.0 Å². The minimum atomic E-state index is -4.15. The molecule has 140 valence electrons. The summed E-state index contributed by atoms with van der Waals surface area (Å²) >= 11 is 0. The lowest BCUT2D eigenvalue weighted by Gasteiger charge is -2.13. The van der Waals surface area contributed by atoms with Crippen LogP contribution in [0, 0.1) is 6.92 Å². The van der Waals surface area contributed by atoms with E-state index < -0.39 is 22.6 Å². The molecule has 0 aliphatic rings. The molecule has 26 heavy (non-hydrogen) atoms. The molecular weight excluding hydrogens is 372 g/mol. The lowest BCUT2D eigenvalue weighted by molar-refractivity contribution is -0.0511. The standard InChI is InChI=1S/C16H15F2NO6S/c1-9-3-5-11(8-12(9)15(20)21)26(22,23)19-10-4-6-13(24-2)14(7-10)25-16(17)18/h3-8,16,19H,1-2H3,(H,20,21). The van der Waals surface area contributed by atoms with Crippen LogP contribution in [0.4, 0.5) is 14.5 Å². The first kappa shape index (κ1) is 19.4. The van der Waals surface area contributed by atoms with E-state index in [2.05, 4.69) is 9.46 Å². The molecule has 0 aliphatic heterocycles. The first-order valence-corrected chi connectivity index (χ1v) is 8.62. The lowest BCUT2D eigenvalue weighted by atomic mass is 10.1. The third-order valence-electron chi connectivity index (χ3n) is 3.38. The van der Waals surface area contributed by atoms with E-state index in [0.717, 1.165) is 12.1 Å². The van der Waals surface area contributed by atoms with Crippen LogP contribution < -0.4 is 14.2 Å². The summed E-state index contributed by atoms with van der Waals surface area (Å²) in [5.41, 5.74) is 0.178. The van der Waals surface area contributed by atoms with Gasteiger partial charge in [0.2, 0.25) is 0 Å². The minimum absolute atomic E-state index is 0.00301. The molecule has 2 aromatic rings. The second kappa shape index (κ2) is 7.56. The van der Waals surface area contributed by atoms with E-state index in [1.54, 1.807) is 0 Å². The second-order valence-electron chi connectivity index (χ2n) is 5.13. The van der Waals surface area contributed by atoms with Crippen LogP contribution in [0.15, 0.2) is 41.3 Å². The molecule has 0 spiro atoms. The smallest absolute Gasteiger partial charge is 0.387 e. The van der Waals surface area contributed by atoms with E-state index in [9.17, 15) is 22.0 Å². The van der Waals surface area contributed by atoms with Crippen LogP contribution >= 0.6 is 0 Å². The number of aromatic carboxylic acids is 1. The summed E-state index contributed by atoms with van der Waals surface area (Å²) < 4.78 is 61.2. The fraction of sp³-hybridized carbons (Fsp3) is 0.188. The number of hydrogen-bond donors (Lipinski definition) is 2. The highest BCUT2D eigenvalue weighted by Gasteiger charge is 2.19. The van der Waals surface area contributed by atoms with Gasteiger partial charge in [0.25, 0.3) is 10.0 Å². The van der Waals surface area contributed by atoms with Crippen molar-refractivity contribution in [2.45, 2.75) is 18.4 Å². The van der Waals surface area contributed by atoms with E-state index in [4.69, 9.17) is 9.84 Å². The fourth-order valence-corrected chi connectivity index (χ4v) is 3.22. The van der Waals surface area contributed by atoms with Gasteiger partial charge >= 0.3 is 12.6 Å². The number of benzene rings is 2. The second-order valence-corrected chi connectivity index (χ2v) is 6.81. The predicted molar refractivity (Wildman–Crippen MR) is 88.6 cm³/mol. The summed E-state index contributed by atoms with van der Waals surface area (Å²) in [7, 11) is -2.90. The average Bonchev–Trinajstić information content (AvgIpc) is 2.54. The van der Waals surface area contributed by atoms with Gasteiger partial charge < -0.3 is 14.6 Å². The lowest BCUT2D eigenvalue weighted by Crippen LogP contribution is -2.14. The maximum atomic E-state index is 12.5. The van der Waals surface area contributed by atoms with Crippen molar-refractivity contribution in [2.75, 3.05) is 11.8 Å². The summed E-state index contributed by atoms with van der Waals surface area (Å²) in [4.78, 5) is 10.9. The number of carboxylic acids is 1. The Kier molecular flexibility index (Phi) is 5.66. The van der Waals surface area contributed by atoms with Crippen molar-refractivity contribution in [3.05, 3.63) is 47.5 Å². The van der Waals surface area contributed by atoms with Crippen molar-refractivity contribution in [1.82, 2.24) is 0 Å². The van der Waals surface area contributed by atoms with E-state index in [0.29, 0.717) is 5.56 Å². The van der Waals surface area contributed by atoms with Crippen LogP contribution in [0.5, 0.6) is 11.5 Å². The number of hydrogen-bond acceptors (Lipinski definition) is 5. The van der Waals surface area contributed by atoms with Crippen molar-refractivity contribution >= 4 is 21.7 Å². The van der Waals surface area contributed by atoms with E-state index >= 15 is 0 Å².